The van der Waals surface area contributed by atoms with Crippen LogP contribution in [0.5, 0.6) is 0 Å². The zero-order valence-corrected chi connectivity index (χ0v) is 8.72. The van der Waals surface area contributed by atoms with Crippen LogP contribution in [0, 0.1) is 13.8 Å². The van der Waals surface area contributed by atoms with Crippen LogP contribution >= 0.6 is 11.8 Å². The topological polar surface area (TPSA) is 30.2 Å². The Balaban J connectivity index is 2.80. The zero-order valence-electron chi connectivity index (χ0n) is 7.90. The summed E-state index contributed by atoms with van der Waals surface area (Å²) in [5, 5.41) is 5.31. The second-order valence-electron chi connectivity index (χ2n) is 3.01. The zero-order chi connectivity index (χ0) is 9.42. The third-order valence-electron chi connectivity index (χ3n) is 1.85. The van der Waals surface area contributed by atoms with Gasteiger partial charge < -0.3 is 0 Å². The molecular weight excluding hydrogens is 182 g/mol. The van der Waals surface area contributed by atoms with E-state index in [-0.39, 0.29) is 0 Å². The monoisotopic (exact) mass is 193 g/mol. The maximum atomic E-state index is 4.40. The molecule has 0 aliphatic rings. The van der Waals surface area contributed by atoms with Gasteiger partial charge in [-0.1, -0.05) is 11.8 Å². The summed E-state index contributed by atoms with van der Waals surface area (Å²) < 4.78 is 1.88. The average Bonchev–Trinajstić information content (AvgIpc) is 2.43. The molecule has 2 rings (SSSR count). The number of hydrogen-bond donors (Lipinski definition) is 0. The van der Waals surface area contributed by atoms with Crippen LogP contribution in [-0.4, -0.2) is 20.9 Å². The molecule has 2 aromatic rings. The van der Waals surface area contributed by atoms with Crippen LogP contribution in [0.3, 0.4) is 0 Å². The van der Waals surface area contributed by atoms with E-state index in [1.807, 2.05) is 30.7 Å². The number of fused-ring (bicyclic) bond motifs is 1. The van der Waals surface area contributed by atoms with Gasteiger partial charge in [-0.2, -0.15) is 5.10 Å². The summed E-state index contributed by atoms with van der Waals surface area (Å²) in [6.45, 7) is 3.99. The Bertz CT molecular complexity index is 447. The highest BCUT2D eigenvalue weighted by atomic mass is 32.2. The van der Waals surface area contributed by atoms with Crippen molar-refractivity contribution in [2.24, 2.45) is 0 Å². The molecular formula is C9H11N3S. The summed E-state index contributed by atoms with van der Waals surface area (Å²) in [4.78, 5) is 4.40. The number of nitrogens with zero attached hydrogens (tertiary/aromatic N) is 3. The highest BCUT2D eigenvalue weighted by Gasteiger charge is 2.04. The van der Waals surface area contributed by atoms with Crippen molar-refractivity contribution in [1.82, 2.24) is 14.6 Å². The minimum Gasteiger partial charge on any atom is -0.228 e. The van der Waals surface area contributed by atoms with Crippen LogP contribution in [-0.2, 0) is 0 Å². The Labute approximate surface area is 81.2 Å². The molecule has 0 aliphatic carbocycles. The van der Waals surface area contributed by atoms with Gasteiger partial charge in [0.05, 0.1) is 11.2 Å². The smallest absolute Gasteiger partial charge is 0.189 e. The minimum absolute atomic E-state index is 0.947. The number of rotatable bonds is 1. The molecule has 0 atom stereocenters. The number of aromatic nitrogens is 3. The fourth-order valence-electron chi connectivity index (χ4n) is 1.35. The van der Waals surface area contributed by atoms with Crippen molar-refractivity contribution in [3.05, 3.63) is 23.5 Å². The Morgan fingerprint density at radius 2 is 1.92 bits per heavy atom. The van der Waals surface area contributed by atoms with E-state index in [4.69, 9.17) is 0 Å². The van der Waals surface area contributed by atoms with Crippen LogP contribution in [0.1, 0.15) is 11.4 Å². The van der Waals surface area contributed by atoms with Gasteiger partial charge in [0.15, 0.2) is 5.16 Å². The van der Waals surface area contributed by atoms with Crippen molar-refractivity contribution >= 4 is 17.3 Å². The maximum absolute atomic E-state index is 4.40. The molecule has 2 heterocycles. The molecule has 4 heteroatoms. The number of hydrogen-bond acceptors (Lipinski definition) is 3. The molecule has 0 unspecified atom stereocenters. The lowest BCUT2D eigenvalue weighted by Crippen LogP contribution is -1.97. The lowest BCUT2D eigenvalue weighted by molar-refractivity contribution is 0.775. The molecule has 0 amide bonds. The van der Waals surface area contributed by atoms with Gasteiger partial charge in [-0.15, -0.1) is 0 Å². The Kier molecular flexibility index (Phi) is 2.00. The third kappa shape index (κ3) is 1.42. The molecule has 0 spiro atoms. The van der Waals surface area contributed by atoms with Crippen LogP contribution in [0.25, 0.3) is 5.52 Å². The van der Waals surface area contributed by atoms with E-state index < -0.39 is 0 Å². The van der Waals surface area contributed by atoms with Gasteiger partial charge >= 0.3 is 0 Å². The average molecular weight is 193 g/mol. The first-order chi connectivity index (χ1) is 6.20. The van der Waals surface area contributed by atoms with E-state index >= 15 is 0 Å². The Morgan fingerprint density at radius 3 is 2.62 bits per heavy atom. The summed E-state index contributed by atoms with van der Waals surface area (Å²) >= 11 is 1.62. The maximum Gasteiger partial charge on any atom is 0.189 e. The van der Waals surface area contributed by atoms with E-state index in [1.165, 1.54) is 0 Å². The SMILES string of the molecule is CSc1nc(C)cc2cc(C)nn12. The first kappa shape index (κ1) is 8.56. The summed E-state index contributed by atoms with van der Waals surface area (Å²) in [6, 6.07) is 4.11. The molecule has 0 radical (unpaired) electrons. The molecule has 3 nitrogen and oxygen atoms in total. The molecule has 0 N–H and O–H groups in total. The fraction of sp³-hybridized carbons (Fsp3) is 0.333. The van der Waals surface area contributed by atoms with Gasteiger partial charge in [-0.05, 0) is 32.2 Å². The van der Waals surface area contributed by atoms with E-state index in [2.05, 4.69) is 16.1 Å². The molecule has 0 aliphatic heterocycles. The van der Waals surface area contributed by atoms with Gasteiger partial charge in [0, 0.05) is 5.69 Å². The van der Waals surface area contributed by atoms with E-state index in [0.29, 0.717) is 0 Å². The van der Waals surface area contributed by atoms with Gasteiger partial charge in [-0.3, -0.25) is 0 Å². The highest BCUT2D eigenvalue weighted by molar-refractivity contribution is 7.98. The molecule has 0 bridgehead atoms. The molecule has 0 saturated carbocycles. The third-order valence-corrected chi connectivity index (χ3v) is 2.48. The second kappa shape index (κ2) is 3.03. The van der Waals surface area contributed by atoms with E-state index in [1.54, 1.807) is 11.8 Å². The van der Waals surface area contributed by atoms with Crippen molar-refractivity contribution in [2.75, 3.05) is 6.26 Å². The van der Waals surface area contributed by atoms with Crippen LogP contribution < -0.4 is 0 Å². The van der Waals surface area contributed by atoms with Crippen molar-refractivity contribution in [3.8, 4) is 0 Å². The van der Waals surface area contributed by atoms with E-state index in [9.17, 15) is 0 Å². The predicted octanol–water partition coefficient (Wildman–Crippen LogP) is 2.07. The number of aryl methyl sites for hydroxylation is 2. The summed E-state index contributed by atoms with van der Waals surface area (Å²) in [7, 11) is 0. The molecule has 13 heavy (non-hydrogen) atoms. The normalized spacial score (nSPS) is 11.0. The lowest BCUT2D eigenvalue weighted by atomic mass is 10.3. The minimum atomic E-state index is 0.947. The predicted molar refractivity (Wildman–Crippen MR) is 54.2 cm³/mol. The molecule has 0 aromatic carbocycles. The quantitative estimate of drug-likeness (QED) is 0.513. The van der Waals surface area contributed by atoms with Crippen molar-refractivity contribution in [3.63, 3.8) is 0 Å². The molecule has 0 fully saturated rings. The van der Waals surface area contributed by atoms with Crippen LogP contribution in [0.15, 0.2) is 17.3 Å². The Morgan fingerprint density at radius 1 is 1.23 bits per heavy atom. The summed E-state index contributed by atoms with van der Waals surface area (Å²) in [5.74, 6) is 0. The van der Waals surface area contributed by atoms with Gasteiger partial charge in [-0.25, -0.2) is 9.50 Å². The van der Waals surface area contributed by atoms with E-state index in [0.717, 1.165) is 22.1 Å². The first-order valence-corrected chi connectivity index (χ1v) is 5.31. The van der Waals surface area contributed by atoms with Gasteiger partial charge in [0.25, 0.3) is 0 Å². The fourth-order valence-corrected chi connectivity index (χ4v) is 1.91. The van der Waals surface area contributed by atoms with Crippen LogP contribution in [0.2, 0.25) is 0 Å². The van der Waals surface area contributed by atoms with Gasteiger partial charge in [0.1, 0.15) is 0 Å². The summed E-state index contributed by atoms with van der Waals surface area (Å²) in [6.07, 6.45) is 2.01. The molecule has 0 saturated heterocycles. The number of thioether (sulfide) groups is 1. The van der Waals surface area contributed by atoms with Crippen molar-refractivity contribution < 1.29 is 0 Å². The lowest BCUT2D eigenvalue weighted by Gasteiger charge is -2.01. The second-order valence-corrected chi connectivity index (χ2v) is 3.78. The van der Waals surface area contributed by atoms with Gasteiger partial charge in [0.2, 0.25) is 0 Å². The highest BCUT2D eigenvalue weighted by Crippen LogP contribution is 2.16. The van der Waals surface area contributed by atoms with Crippen molar-refractivity contribution in [1.29, 1.82) is 0 Å². The Hall–Kier alpha value is -1.03. The van der Waals surface area contributed by atoms with Crippen LogP contribution in [0.4, 0.5) is 0 Å². The molecule has 2 aromatic heterocycles. The molecule has 68 valence electrons. The summed E-state index contributed by atoms with van der Waals surface area (Å²) in [5.41, 5.74) is 3.19. The van der Waals surface area contributed by atoms with Crippen molar-refractivity contribution in [2.45, 2.75) is 19.0 Å². The standard InChI is InChI=1S/C9H11N3S/c1-6-4-8-5-7(2)11-12(8)9(10-6)13-3/h4-5H,1-3H3. The largest absolute Gasteiger partial charge is 0.228 e. The first-order valence-electron chi connectivity index (χ1n) is 4.09.